The minimum Gasteiger partial charge on any atom is -0.458 e. The van der Waals surface area contributed by atoms with Gasteiger partial charge in [0.15, 0.2) is 0 Å². The third-order valence-electron chi connectivity index (χ3n) is 12.2. The Balaban J connectivity index is 1.21. The Morgan fingerprint density at radius 2 is 0.918 bits per heavy atom. The molecule has 0 bridgehead atoms. The van der Waals surface area contributed by atoms with Gasteiger partial charge < -0.3 is 19.4 Å². The van der Waals surface area contributed by atoms with Gasteiger partial charge in [-0.3, -0.25) is 0 Å². The Morgan fingerprint density at radius 1 is 0.426 bits per heavy atom. The summed E-state index contributed by atoms with van der Waals surface area (Å²) in [5.41, 5.74) is 13.7. The van der Waals surface area contributed by atoms with E-state index in [1.807, 2.05) is 0 Å². The number of anilines is 9. The van der Waals surface area contributed by atoms with Gasteiger partial charge in [-0.1, -0.05) is 146 Å². The van der Waals surface area contributed by atoms with Crippen LogP contribution in [0.3, 0.4) is 0 Å². The molecule has 2 aliphatic rings. The molecule has 6 heteroatoms. The molecule has 0 radical (unpaired) electrons. The summed E-state index contributed by atoms with van der Waals surface area (Å²) in [5, 5.41) is 3.71. The summed E-state index contributed by atoms with van der Waals surface area (Å²) >= 11 is 0. The van der Waals surface area contributed by atoms with E-state index in [0.717, 1.165) is 57.0 Å². The summed E-state index contributed by atoms with van der Waals surface area (Å²) < 4.78 is 7.37. The first kappa shape index (κ1) is 36.8. The second kappa shape index (κ2) is 14.8. The number of hydrogen-bond acceptors (Lipinski definition) is 4. The lowest BCUT2D eigenvalue weighted by Gasteiger charge is -2.42. The molecule has 61 heavy (non-hydrogen) atoms. The zero-order valence-corrected chi connectivity index (χ0v) is 35.5. The maximum atomic E-state index is 7.37. The summed E-state index contributed by atoms with van der Waals surface area (Å²) in [7, 11) is -1.85. The zero-order valence-electron chi connectivity index (χ0n) is 34.5. The molecule has 0 amide bonds. The fourth-order valence-electron chi connectivity index (χ4n) is 9.38. The van der Waals surface area contributed by atoms with Crippen LogP contribution in [0.1, 0.15) is 0 Å². The summed E-state index contributed by atoms with van der Waals surface area (Å²) in [5.74, 6) is 1.82. The van der Waals surface area contributed by atoms with Crippen LogP contribution in [0.25, 0.3) is 10.8 Å². The van der Waals surface area contributed by atoms with Crippen molar-refractivity contribution in [3.05, 3.63) is 212 Å². The van der Waals surface area contributed by atoms with Crippen LogP contribution in [0.15, 0.2) is 212 Å². The van der Waals surface area contributed by atoms with Crippen LogP contribution in [0.2, 0.25) is 19.6 Å². The lowest BCUT2D eigenvalue weighted by molar-refractivity contribution is 0.488. The summed E-state index contributed by atoms with van der Waals surface area (Å²) in [6, 6.07) is 76.7. The largest absolute Gasteiger partial charge is 0.458 e. The number of para-hydroxylation sites is 5. The maximum Gasteiger partial charge on any atom is 0.257 e. The quantitative estimate of drug-likeness (QED) is 0.142. The highest BCUT2D eigenvalue weighted by molar-refractivity contribution is 7.01. The minimum absolute atomic E-state index is 0.0869. The predicted molar refractivity (Wildman–Crippen MR) is 262 cm³/mol. The molecule has 0 spiro atoms. The van der Waals surface area contributed by atoms with E-state index in [4.69, 9.17) is 4.74 Å². The van der Waals surface area contributed by atoms with Gasteiger partial charge in [0.1, 0.15) is 11.5 Å². The molecule has 0 saturated carbocycles. The monoisotopic (exact) mass is 801 g/mol. The number of nitrogens with zero attached hydrogens (tertiary/aromatic N) is 3. The van der Waals surface area contributed by atoms with Crippen molar-refractivity contribution in [1.82, 2.24) is 0 Å². The molecule has 9 aromatic rings. The number of rotatable bonds is 8. The van der Waals surface area contributed by atoms with Crippen molar-refractivity contribution in [2.45, 2.75) is 19.6 Å². The van der Waals surface area contributed by atoms with Crippen molar-refractivity contribution in [2.75, 3.05) is 14.7 Å². The topological polar surface area (TPSA) is 19.0 Å². The Kier molecular flexibility index (Phi) is 8.90. The molecule has 0 N–H and O–H groups in total. The number of hydrogen-bond donors (Lipinski definition) is 0. The molecule has 2 aliphatic heterocycles. The second-order valence-electron chi connectivity index (χ2n) is 17.0. The number of fused-ring (bicyclic) bond motifs is 6. The Labute approximate surface area is 359 Å². The van der Waals surface area contributed by atoms with E-state index in [1.54, 1.807) is 0 Å². The highest BCUT2D eigenvalue weighted by atomic mass is 28.3. The van der Waals surface area contributed by atoms with Gasteiger partial charge in [0.25, 0.3) is 6.71 Å². The number of ether oxygens (including phenoxy) is 1. The van der Waals surface area contributed by atoms with Gasteiger partial charge in [-0.25, -0.2) is 0 Å². The van der Waals surface area contributed by atoms with Crippen molar-refractivity contribution < 1.29 is 4.74 Å². The van der Waals surface area contributed by atoms with Gasteiger partial charge in [-0.2, -0.15) is 0 Å². The van der Waals surface area contributed by atoms with E-state index < -0.39 is 8.07 Å². The average Bonchev–Trinajstić information content (AvgIpc) is 3.30. The molecule has 0 saturated heterocycles. The van der Waals surface area contributed by atoms with Crippen molar-refractivity contribution >= 4 is 98.3 Å². The standard InChI is InChI=1S/C55H44BN3OSi/c1-61(2,3)45-36-51-55-52(37-45)60-53-38-49(58(41-25-13-6-14-26-41)42-27-15-7-16-28-42)46-31-19-20-32-47(46)54(53)56(55)48-34-33-44(35-50(48)59(51)43-29-17-8-18-30-43)57(39-21-9-4-10-22-39)40-23-11-5-12-24-40/h4-38H,1-3H3. The van der Waals surface area contributed by atoms with Gasteiger partial charge in [-0.05, 0) is 107 Å². The molecule has 0 aromatic heterocycles. The van der Waals surface area contributed by atoms with Crippen LogP contribution in [-0.4, -0.2) is 14.8 Å². The number of benzene rings is 9. The molecule has 0 aliphatic carbocycles. The van der Waals surface area contributed by atoms with Gasteiger partial charge >= 0.3 is 0 Å². The van der Waals surface area contributed by atoms with E-state index in [9.17, 15) is 0 Å². The van der Waals surface area contributed by atoms with Gasteiger partial charge in [-0.15, -0.1) is 0 Å². The lowest BCUT2D eigenvalue weighted by atomic mass is 9.33. The Hall–Kier alpha value is -7.28. The van der Waals surface area contributed by atoms with Crippen LogP contribution >= 0.6 is 0 Å². The van der Waals surface area contributed by atoms with Crippen LogP contribution in [0.4, 0.5) is 51.2 Å². The van der Waals surface area contributed by atoms with Crippen molar-refractivity contribution in [3.8, 4) is 11.5 Å². The molecule has 0 fully saturated rings. The van der Waals surface area contributed by atoms with Crippen LogP contribution in [0.5, 0.6) is 11.5 Å². The minimum atomic E-state index is -1.85. The zero-order chi connectivity index (χ0) is 41.1. The Morgan fingerprint density at radius 3 is 1.48 bits per heavy atom. The highest BCUT2D eigenvalue weighted by Crippen LogP contribution is 2.47. The van der Waals surface area contributed by atoms with Gasteiger partial charge in [0.2, 0.25) is 0 Å². The molecular weight excluding hydrogens is 758 g/mol. The fourth-order valence-corrected chi connectivity index (χ4v) is 10.5. The molecule has 11 rings (SSSR count). The van der Waals surface area contributed by atoms with Crippen LogP contribution in [0, 0.1) is 0 Å². The lowest BCUT2D eigenvalue weighted by Crippen LogP contribution is -2.60. The Bertz CT molecular complexity index is 2970. The molecule has 4 nitrogen and oxygen atoms in total. The first-order valence-electron chi connectivity index (χ1n) is 21.1. The van der Waals surface area contributed by atoms with Crippen LogP contribution in [-0.2, 0) is 0 Å². The third kappa shape index (κ3) is 6.30. The first-order valence-corrected chi connectivity index (χ1v) is 24.6. The summed E-state index contributed by atoms with van der Waals surface area (Å²) in [4.78, 5) is 7.22. The normalized spacial score (nSPS) is 12.6. The molecule has 9 aromatic carbocycles. The average molecular weight is 802 g/mol. The van der Waals surface area contributed by atoms with E-state index in [1.165, 1.54) is 38.0 Å². The van der Waals surface area contributed by atoms with E-state index in [0.29, 0.717) is 0 Å². The maximum absolute atomic E-state index is 7.37. The van der Waals surface area contributed by atoms with Crippen molar-refractivity contribution in [3.63, 3.8) is 0 Å². The van der Waals surface area contributed by atoms with Gasteiger partial charge in [0.05, 0.1) is 13.8 Å². The van der Waals surface area contributed by atoms with Gasteiger partial charge in [0, 0.05) is 57.0 Å². The van der Waals surface area contributed by atoms with E-state index in [2.05, 4.69) is 247 Å². The van der Waals surface area contributed by atoms with E-state index in [-0.39, 0.29) is 6.71 Å². The van der Waals surface area contributed by atoms with Crippen LogP contribution < -0.4 is 41.0 Å². The van der Waals surface area contributed by atoms with E-state index >= 15 is 0 Å². The highest BCUT2D eigenvalue weighted by Gasteiger charge is 2.44. The molecule has 0 atom stereocenters. The van der Waals surface area contributed by atoms with Crippen molar-refractivity contribution in [1.29, 1.82) is 0 Å². The molecule has 2 heterocycles. The molecule has 292 valence electrons. The smallest absolute Gasteiger partial charge is 0.257 e. The fraction of sp³-hybridized carbons (Fsp3) is 0.0545. The van der Waals surface area contributed by atoms with Crippen molar-refractivity contribution in [2.24, 2.45) is 0 Å². The molecule has 0 unspecified atom stereocenters. The second-order valence-corrected chi connectivity index (χ2v) is 22.0. The summed E-state index contributed by atoms with van der Waals surface area (Å²) in [6.45, 7) is 7.20. The third-order valence-corrected chi connectivity index (χ3v) is 14.2. The predicted octanol–water partition coefficient (Wildman–Crippen LogP) is 12.7. The summed E-state index contributed by atoms with van der Waals surface area (Å²) in [6.07, 6.45) is 0. The first-order chi connectivity index (χ1) is 29.9. The molecular formula is C55H44BN3OSi. The SMILES string of the molecule is C[Si](C)(C)c1cc2c3c(c1)N(c1ccccc1)c1cc(N(c4ccccc4)c4ccccc4)ccc1B3c1c(cc(N(c3ccccc3)c3ccccc3)c3ccccc13)O2.